The molecule has 0 unspecified atom stereocenters. The Morgan fingerprint density at radius 2 is 1.92 bits per heavy atom. The van der Waals surface area contributed by atoms with Crippen molar-refractivity contribution in [3.05, 3.63) is 40.3 Å². The van der Waals surface area contributed by atoms with Gasteiger partial charge in [-0.15, -0.1) is 11.3 Å². The molecule has 5 rings (SSSR count). The molecule has 1 saturated carbocycles. The van der Waals surface area contributed by atoms with E-state index in [4.69, 9.17) is 4.98 Å². The molecule has 0 bridgehead atoms. The van der Waals surface area contributed by atoms with Gasteiger partial charge in [0.25, 0.3) is 5.91 Å². The second kappa shape index (κ2) is 5.95. The average Bonchev–Trinajstić information content (AvgIpc) is 3.37. The van der Waals surface area contributed by atoms with Gasteiger partial charge in [0, 0.05) is 24.4 Å². The van der Waals surface area contributed by atoms with E-state index < -0.39 is 0 Å². The molecule has 128 valence electrons. The molecule has 0 N–H and O–H groups in total. The molecule has 5 nitrogen and oxygen atoms in total. The van der Waals surface area contributed by atoms with Crippen LogP contribution < -0.4 is 4.90 Å². The number of thiazole rings is 1. The fraction of sp³-hybridized carbons (Fsp3) is 0.421. The van der Waals surface area contributed by atoms with Crippen LogP contribution in [0.5, 0.6) is 0 Å². The van der Waals surface area contributed by atoms with Crippen LogP contribution in [0.15, 0.2) is 29.6 Å². The second-order valence-corrected chi connectivity index (χ2v) is 7.80. The Morgan fingerprint density at radius 1 is 1.08 bits per heavy atom. The number of carbonyl (C=O) groups excluding carboxylic acids is 1. The van der Waals surface area contributed by atoms with Crippen LogP contribution in [0.3, 0.4) is 0 Å². The van der Waals surface area contributed by atoms with Crippen molar-refractivity contribution in [2.75, 3.05) is 11.4 Å². The van der Waals surface area contributed by atoms with Crippen molar-refractivity contribution in [3.63, 3.8) is 0 Å². The quantitative estimate of drug-likeness (QED) is 0.694. The van der Waals surface area contributed by atoms with Crippen molar-refractivity contribution in [3.8, 4) is 0 Å². The highest BCUT2D eigenvalue weighted by molar-refractivity contribution is 7.10. The lowest BCUT2D eigenvalue weighted by molar-refractivity contribution is 0.0984. The van der Waals surface area contributed by atoms with E-state index >= 15 is 0 Å². The van der Waals surface area contributed by atoms with Gasteiger partial charge in [0.05, 0.1) is 16.0 Å². The van der Waals surface area contributed by atoms with Crippen LogP contribution in [-0.2, 0) is 6.54 Å². The van der Waals surface area contributed by atoms with Crippen molar-refractivity contribution in [1.29, 1.82) is 0 Å². The largest absolute Gasteiger partial charge is 0.308 e. The summed E-state index contributed by atoms with van der Waals surface area (Å²) in [5.41, 5.74) is 2.61. The number of aromatic nitrogens is 3. The van der Waals surface area contributed by atoms with E-state index in [1.165, 1.54) is 32.1 Å². The van der Waals surface area contributed by atoms with Crippen molar-refractivity contribution >= 4 is 34.2 Å². The van der Waals surface area contributed by atoms with E-state index in [9.17, 15) is 4.79 Å². The molecule has 0 atom stereocenters. The van der Waals surface area contributed by atoms with Gasteiger partial charge in [-0.1, -0.05) is 31.4 Å². The number of carbonyl (C=O) groups is 1. The predicted octanol–water partition coefficient (Wildman–Crippen LogP) is 4.20. The molecular weight excluding hydrogens is 332 g/mol. The summed E-state index contributed by atoms with van der Waals surface area (Å²) in [6.45, 7) is 1.46. The first kappa shape index (κ1) is 15.1. The zero-order valence-electron chi connectivity index (χ0n) is 14.0. The maximum absolute atomic E-state index is 13.0. The minimum absolute atomic E-state index is 0.0210. The molecule has 1 fully saturated rings. The standard InChI is InChI=1S/C19H20N4OS/c24-18(15-12-25-17(20-15)13-6-2-1-3-7-13)23-11-10-22-16-9-5-4-8-14(16)21-19(22)23/h4-5,8-9,12-13H,1-3,6-7,10-11H2. The monoisotopic (exact) mass is 352 g/mol. The minimum atomic E-state index is -0.0210. The van der Waals surface area contributed by atoms with Gasteiger partial charge in [-0.25, -0.2) is 9.97 Å². The number of amides is 1. The lowest BCUT2D eigenvalue weighted by Crippen LogP contribution is -2.29. The third-order valence-corrected chi connectivity index (χ3v) is 6.37. The molecule has 1 amide bonds. The van der Waals surface area contributed by atoms with Gasteiger partial charge in [0.15, 0.2) is 0 Å². The number of fused-ring (bicyclic) bond motifs is 3. The van der Waals surface area contributed by atoms with Gasteiger partial charge in [0.1, 0.15) is 5.69 Å². The summed E-state index contributed by atoms with van der Waals surface area (Å²) in [4.78, 5) is 24.1. The van der Waals surface area contributed by atoms with Crippen LogP contribution in [0.25, 0.3) is 11.0 Å². The van der Waals surface area contributed by atoms with Gasteiger partial charge in [-0.05, 0) is 25.0 Å². The number of rotatable bonds is 2. The smallest absolute Gasteiger partial charge is 0.280 e. The van der Waals surface area contributed by atoms with Gasteiger partial charge >= 0.3 is 0 Å². The molecule has 3 heterocycles. The maximum Gasteiger partial charge on any atom is 0.280 e. The molecule has 2 aromatic heterocycles. The molecule has 2 aliphatic rings. The van der Waals surface area contributed by atoms with E-state index in [1.807, 2.05) is 23.6 Å². The molecule has 25 heavy (non-hydrogen) atoms. The zero-order chi connectivity index (χ0) is 16.8. The van der Waals surface area contributed by atoms with Gasteiger partial charge in [-0.3, -0.25) is 9.69 Å². The molecular formula is C19H20N4OS. The third-order valence-electron chi connectivity index (χ3n) is 5.36. The summed E-state index contributed by atoms with van der Waals surface area (Å²) in [5.74, 6) is 1.27. The molecule has 1 aliphatic carbocycles. The van der Waals surface area contributed by atoms with Crippen LogP contribution in [0.4, 0.5) is 5.95 Å². The van der Waals surface area contributed by atoms with Gasteiger partial charge < -0.3 is 4.57 Å². The SMILES string of the molecule is O=C(c1csc(C2CCCCC2)n1)N1CCn2c1nc1ccccc12. The van der Waals surface area contributed by atoms with E-state index in [-0.39, 0.29) is 5.91 Å². The van der Waals surface area contributed by atoms with Gasteiger partial charge in [0.2, 0.25) is 5.95 Å². The predicted molar refractivity (Wildman–Crippen MR) is 99.3 cm³/mol. The Bertz CT molecular complexity index is 938. The van der Waals surface area contributed by atoms with Crippen LogP contribution >= 0.6 is 11.3 Å². The van der Waals surface area contributed by atoms with Crippen molar-refractivity contribution in [1.82, 2.24) is 14.5 Å². The second-order valence-electron chi connectivity index (χ2n) is 6.91. The fourth-order valence-corrected chi connectivity index (χ4v) is 5.01. The Balaban J connectivity index is 1.43. The third kappa shape index (κ3) is 2.47. The molecule has 3 aromatic rings. The van der Waals surface area contributed by atoms with Crippen molar-refractivity contribution in [2.45, 2.75) is 44.6 Å². The van der Waals surface area contributed by atoms with E-state index in [2.05, 4.69) is 15.6 Å². The van der Waals surface area contributed by atoms with E-state index in [1.54, 1.807) is 16.2 Å². The molecule has 6 heteroatoms. The summed E-state index contributed by atoms with van der Waals surface area (Å²) in [5, 5.41) is 3.06. The first-order valence-electron chi connectivity index (χ1n) is 9.04. The van der Waals surface area contributed by atoms with Crippen molar-refractivity contribution in [2.24, 2.45) is 0 Å². The highest BCUT2D eigenvalue weighted by atomic mass is 32.1. The highest BCUT2D eigenvalue weighted by Gasteiger charge is 2.31. The zero-order valence-corrected chi connectivity index (χ0v) is 14.8. The number of hydrogen-bond acceptors (Lipinski definition) is 4. The molecule has 0 saturated heterocycles. The van der Waals surface area contributed by atoms with Crippen molar-refractivity contribution < 1.29 is 4.79 Å². The highest BCUT2D eigenvalue weighted by Crippen LogP contribution is 2.35. The lowest BCUT2D eigenvalue weighted by Gasteiger charge is -2.19. The summed E-state index contributed by atoms with van der Waals surface area (Å²) in [7, 11) is 0. The average molecular weight is 352 g/mol. The number of hydrogen-bond donors (Lipinski definition) is 0. The Labute approximate surface area is 150 Å². The minimum Gasteiger partial charge on any atom is -0.308 e. The number of imidazole rings is 1. The Morgan fingerprint density at radius 3 is 2.80 bits per heavy atom. The van der Waals surface area contributed by atoms with E-state index in [0.29, 0.717) is 18.2 Å². The summed E-state index contributed by atoms with van der Waals surface area (Å²) in [6, 6.07) is 8.05. The number of nitrogens with zero attached hydrogens (tertiary/aromatic N) is 4. The molecule has 1 aliphatic heterocycles. The molecule has 0 spiro atoms. The van der Waals surface area contributed by atoms with Gasteiger partial charge in [-0.2, -0.15) is 0 Å². The first-order valence-corrected chi connectivity index (χ1v) is 9.92. The lowest BCUT2D eigenvalue weighted by atomic mass is 9.90. The topological polar surface area (TPSA) is 51.0 Å². The van der Waals surface area contributed by atoms with Crippen LogP contribution in [0.2, 0.25) is 0 Å². The van der Waals surface area contributed by atoms with Crippen LogP contribution in [0.1, 0.15) is 53.5 Å². The maximum atomic E-state index is 13.0. The number of para-hydroxylation sites is 2. The summed E-state index contributed by atoms with van der Waals surface area (Å²) >= 11 is 1.64. The Kier molecular flexibility index (Phi) is 3.59. The molecule has 0 radical (unpaired) electrons. The number of anilines is 1. The molecule has 1 aromatic carbocycles. The normalized spacial score (nSPS) is 18.0. The fourth-order valence-electron chi connectivity index (χ4n) is 4.04. The Hall–Kier alpha value is -2.21. The van der Waals surface area contributed by atoms with Crippen LogP contribution in [0, 0.1) is 0 Å². The first-order chi connectivity index (χ1) is 12.3. The van der Waals surface area contributed by atoms with Crippen LogP contribution in [-0.4, -0.2) is 27.0 Å². The number of benzene rings is 1. The van der Waals surface area contributed by atoms with E-state index in [0.717, 1.165) is 28.5 Å². The summed E-state index contributed by atoms with van der Waals surface area (Å²) < 4.78 is 2.13. The summed E-state index contributed by atoms with van der Waals surface area (Å²) in [6.07, 6.45) is 6.31.